The molecule has 21 heavy (non-hydrogen) atoms. The molecule has 1 aliphatic heterocycles. The topological polar surface area (TPSA) is 42.7 Å². The van der Waals surface area contributed by atoms with Gasteiger partial charge in [-0.15, -0.1) is 11.3 Å². The van der Waals surface area contributed by atoms with E-state index in [1.807, 2.05) is 5.51 Å². The summed E-state index contributed by atoms with van der Waals surface area (Å²) in [7, 11) is 0. The van der Waals surface area contributed by atoms with Crippen molar-refractivity contribution >= 4 is 22.4 Å². The summed E-state index contributed by atoms with van der Waals surface area (Å²) in [5.74, 6) is 0. The molecule has 0 atom stereocenters. The maximum atomic E-state index is 4.83. The van der Waals surface area contributed by atoms with Crippen LogP contribution in [0.3, 0.4) is 0 Å². The molecule has 0 spiro atoms. The molecule has 0 aliphatic carbocycles. The van der Waals surface area contributed by atoms with Gasteiger partial charge in [-0.1, -0.05) is 0 Å². The highest BCUT2D eigenvalue weighted by atomic mass is 32.1. The summed E-state index contributed by atoms with van der Waals surface area (Å²) in [6, 6.07) is 2.17. The second kappa shape index (κ2) is 4.93. The van der Waals surface area contributed by atoms with Crippen LogP contribution in [-0.2, 0) is 19.5 Å². The molecule has 4 rings (SSSR count). The number of hydrogen-bond donors (Lipinski definition) is 1. The maximum absolute atomic E-state index is 4.83. The monoisotopic (exact) mass is 298 g/mol. The van der Waals surface area contributed by atoms with Gasteiger partial charge in [-0.25, -0.2) is 9.97 Å². The summed E-state index contributed by atoms with van der Waals surface area (Å²) >= 11 is 1.64. The third-order valence-corrected chi connectivity index (χ3v) is 4.81. The fourth-order valence-corrected chi connectivity index (χ4v) is 3.92. The SMILES string of the molecule is CCn1c2c(c3c(-c4cscn4)cc(C)nc31)CNCC2. The van der Waals surface area contributed by atoms with Crippen molar-refractivity contribution in [2.24, 2.45) is 0 Å². The minimum atomic E-state index is 0.931. The Hall–Kier alpha value is -1.72. The van der Waals surface area contributed by atoms with Crippen molar-refractivity contribution in [2.75, 3.05) is 6.54 Å². The van der Waals surface area contributed by atoms with Gasteiger partial charge in [0.2, 0.25) is 0 Å². The Morgan fingerprint density at radius 2 is 2.33 bits per heavy atom. The molecule has 108 valence electrons. The smallest absolute Gasteiger partial charge is 0.141 e. The van der Waals surface area contributed by atoms with Crippen LogP contribution < -0.4 is 5.32 Å². The van der Waals surface area contributed by atoms with Gasteiger partial charge in [0, 0.05) is 53.8 Å². The zero-order valence-corrected chi connectivity index (χ0v) is 13.1. The van der Waals surface area contributed by atoms with Gasteiger partial charge in [0.25, 0.3) is 0 Å². The lowest BCUT2D eigenvalue weighted by molar-refractivity contribution is 0.605. The molecule has 3 aromatic heterocycles. The predicted molar refractivity (Wildman–Crippen MR) is 86.7 cm³/mol. The predicted octanol–water partition coefficient (Wildman–Crippen LogP) is 3.13. The highest BCUT2D eigenvalue weighted by molar-refractivity contribution is 7.07. The van der Waals surface area contributed by atoms with Crippen LogP contribution in [0.15, 0.2) is 17.0 Å². The van der Waals surface area contributed by atoms with Crippen LogP contribution in [0.1, 0.15) is 23.9 Å². The Labute approximate surface area is 127 Å². The van der Waals surface area contributed by atoms with Crippen LogP contribution in [0.25, 0.3) is 22.3 Å². The van der Waals surface area contributed by atoms with Crippen molar-refractivity contribution in [3.05, 3.63) is 33.9 Å². The van der Waals surface area contributed by atoms with Crippen LogP contribution in [-0.4, -0.2) is 21.1 Å². The van der Waals surface area contributed by atoms with E-state index in [1.54, 1.807) is 11.3 Å². The molecule has 0 amide bonds. The number of aromatic nitrogens is 3. The first kappa shape index (κ1) is 13.0. The molecule has 4 heterocycles. The van der Waals surface area contributed by atoms with Gasteiger partial charge in [-0.2, -0.15) is 0 Å². The summed E-state index contributed by atoms with van der Waals surface area (Å²) in [4.78, 5) is 9.36. The average molecular weight is 298 g/mol. The Kier molecular flexibility index (Phi) is 3.05. The number of pyridine rings is 1. The number of hydrogen-bond acceptors (Lipinski definition) is 4. The molecule has 0 bridgehead atoms. The van der Waals surface area contributed by atoms with E-state index < -0.39 is 0 Å². The Morgan fingerprint density at radius 3 is 3.10 bits per heavy atom. The Bertz CT molecular complexity index is 802. The van der Waals surface area contributed by atoms with Gasteiger partial charge < -0.3 is 9.88 Å². The van der Waals surface area contributed by atoms with E-state index in [1.165, 1.54) is 22.2 Å². The van der Waals surface area contributed by atoms with Gasteiger partial charge in [0.15, 0.2) is 0 Å². The molecule has 0 radical (unpaired) electrons. The van der Waals surface area contributed by atoms with Gasteiger partial charge in [0.1, 0.15) is 5.65 Å². The van der Waals surface area contributed by atoms with Gasteiger partial charge in [-0.3, -0.25) is 0 Å². The maximum Gasteiger partial charge on any atom is 0.141 e. The highest BCUT2D eigenvalue weighted by Crippen LogP contribution is 2.35. The molecular formula is C16H18N4S. The largest absolute Gasteiger partial charge is 0.330 e. The molecule has 0 unspecified atom stereocenters. The summed E-state index contributed by atoms with van der Waals surface area (Å²) in [5, 5.41) is 6.91. The van der Waals surface area contributed by atoms with Crippen LogP contribution >= 0.6 is 11.3 Å². The lowest BCUT2D eigenvalue weighted by Crippen LogP contribution is -2.24. The normalized spacial score (nSPS) is 14.6. The molecule has 0 aromatic carbocycles. The highest BCUT2D eigenvalue weighted by Gasteiger charge is 2.23. The summed E-state index contributed by atoms with van der Waals surface area (Å²) in [6.45, 7) is 7.22. The minimum Gasteiger partial charge on any atom is -0.330 e. The molecule has 5 heteroatoms. The summed E-state index contributed by atoms with van der Waals surface area (Å²) in [6.07, 6.45) is 1.08. The van der Waals surface area contributed by atoms with E-state index in [0.717, 1.165) is 43.1 Å². The molecule has 3 aromatic rings. The summed E-state index contributed by atoms with van der Waals surface area (Å²) < 4.78 is 2.38. The first-order valence-corrected chi connectivity index (χ1v) is 8.34. The molecule has 1 N–H and O–H groups in total. The van der Waals surface area contributed by atoms with Crippen molar-refractivity contribution in [1.29, 1.82) is 0 Å². The van der Waals surface area contributed by atoms with E-state index in [0.29, 0.717) is 0 Å². The number of nitrogens with zero attached hydrogens (tertiary/aromatic N) is 3. The van der Waals surface area contributed by atoms with Gasteiger partial charge in [-0.05, 0) is 25.5 Å². The zero-order valence-electron chi connectivity index (χ0n) is 12.3. The first-order valence-electron chi connectivity index (χ1n) is 7.40. The fourth-order valence-electron chi connectivity index (χ4n) is 3.37. The molecule has 0 saturated heterocycles. The minimum absolute atomic E-state index is 0.931. The second-order valence-electron chi connectivity index (χ2n) is 5.48. The van der Waals surface area contributed by atoms with Crippen LogP contribution in [0.2, 0.25) is 0 Å². The van der Waals surface area contributed by atoms with E-state index in [-0.39, 0.29) is 0 Å². The molecule has 0 saturated carbocycles. The third kappa shape index (κ3) is 1.92. The lowest BCUT2D eigenvalue weighted by Gasteiger charge is -2.15. The van der Waals surface area contributed by atoms with Gasteiger partial charge >= 0.3 is 0 Å². The van der Waals surface area contributed by atoms with E-state index in [9.17, 15) is 0 Å². The lowest BCUT2D eigenvalue weighted by atomic mass is 10.0. The van der Waals surface area contributed by atoms with E-state index in [2.05, 4.69) is 40.2 Å². The van der Waals surface area contributed by atoms with Crippen LogP contribution in [0.4, 0.5) is 0 Å². The first-order chi connectivity index (χ1) is 10.3. The molecule has 0 fully saturated rings. The number of thiazole rings is 1. The van der Waals surface area contributed by atoms with Crippen LogP contribution in [0, 0.1) is 6.92 Å². The Balaban J connectivity index is 2.13. The third-order valence-electron chi connectivity index (χ3n) is 4.22. The van der Waals surface area contributed by atoms with Crippen LogP contribution in [0.5, 0.6) is 0 Å². The molecule has 1 aliphatic rings. The number of fused-ring (bicyclic) bond motifs is 3. The number of rotatable bonds is 2. The van der Waals surface area contributed by atoms with Crippen molar-refractivity contribution in [3.8, 4) is 11.3 Å². The van der Waals surface area contributed by atoms with Crippen molar-refractivity contribution in [3.63, 3.8) is 0 Å². The fraction of sp³-hybridized carbons (Fsp3) is 0.375. The van der Waals surface area contributed by atoms with E-state index in [4.69, 9.17) is 4.98 Å². The standard InChI is InChI=1S/C16H18N4S/c1-3-20-14-4-5-17-7-12(14)15-11(13-8-21-9-18-13)6-10(2)19-16(15)20/h6,8-9,17H,3-5,7H2,1-2H3. The van der Waals surface area contributed by atoms with E-state index >= 15 is 0 Å². The van der Waals surface area contributed by atoms with Crippen molar-refractivity contribution in [2.45, 2.75) is 33.4 Å². The van der Waals surface area contributed by atoms with Crippen molar-refractivity contribution < 1.29 is 0 Å². The zero-order chi connectivity index (χ0) is 14.4. The average Bonchev–Trinajstić information content (AvgIpc) is 3.12. The van der Waals surface area contributed by atoms with Crippen molar-refractivity contribution in [1.82, 2.24) is 19.9 Å². The summed E-state index contributed by atoms with van der Waals surface area (Å²) in [5.41, 5.74) is 9.23. The molecular weight excluding hydrogens is 280 g/mol. The second-order valence-corrected chi connectivity index (χ2v) is 6.20. The number of nitrogens with one attached hydrogen (secondary N) is 1. The Morgan fingerprint density at radius 1 is 1.43 bits per heavy atom. The molecule has 4 nitrogen and oxygen atoms in total. The quantitative estimate of drug-likeness (QED) is 0.790. The number of aryl methyl sites for hydroxylation is 2. The van der Waals surface area contributed by atoms with Gasteiger partial charge in [0.05, 0.1) is 11.2 Å².